The first-order valence-corrected chi connectivity index (χ1v) is 8.55. The lowest BCUT2D eigenvalue weighted by atomic mass is 9.86. The largest absolute Gasteiger partial charge is 0.466 e. The van der Waals surface area contributed by atoms with E-state index < -0.39 is 6.09 Å². The van der Waals surface area contributed by atoms with Crippen LogP contribution in [-0.4, -0.2) is 42.7 Å². The average molecular weight is 346 g/mol. The number of carbonyl (C=O) groups excluding carboxylic acids is 2. The number of hydrogen-bond acceptors (Lipinski definition) is 5. The Morgan fingerprint density at radius 3 is 2.68 bits per heavy atom. The van der Waals surface area contributed by atoms with Gasteiger partial charge in [-0.2, -0.15) is 0 Å². The number of benzene rings is 1. The maximum atomic E-state index is 12.3. The maximum Gasteiger partial charge on any atom is 0.410 e. The van der Waals surface area contributed by atoms with Crippen molar-refractivity contribution >= 4 is 12.1 Å². The van der Waals surface area contributed by atoms with Crippen molar-refractivity contribution in [1.29, 1.82) is 0 Å². The van der Waals surface area contributed by atoms with Crippen LogP contribution in [0.4, 0.5) is 4.79 Å². The molecule has 2 rings (SSSR count). The SMILES string of the molecule is C=CCC(C(=O)OCC)[C@H]1CN(C(=O)OCc2ccccc2)C[C@@H]1N. The number of allylic oxidation sites excluding steroid dienone is 1. The molecule has 0 radical (unpaired) electrons. The van der Waals surface area contributed by atoms with Crippen molar-refractivity contribution in [3.05, 3.63) is 48.6 Å². The standard InChI is InChI=1S/C19H26N2O4/c1-3-8-15(18(22)24-4-2)16-11-21(12-17(16)20)19(23)25-13-14-9-6-5-7-10-14/h3,5-7,9-10,15-17H,1,4,8,11-13,20H2,2H3/t15?,16-,17+/m1/s1. The summed E-state index contributed by atoms with van der Waals surface area (Å²) in [7, 11) is 0. The zero-order chi connectivity index (χ0) is 18.2. The van der Waals surface area contributed by atoms with Gasteiger partial charge in [-0.25, -0.2) is 4.79 Å². The summed E-state index contributed by atoms with van der Waals surface area (Å²) in [4.78, 5) is 26.1. The van der Waals surface area contributed by atoms with Crippen LogP contribution < -0.4 is 5.73 Å². The Morgan fingerprint density at radius 2 is 2.04 bits per heavy atom. The number of ether oxygens (including phenoxy) is 2. The highest BCUT2D eigenvalue weighted by molar-refractivity contribution is 5.74. The molecule has 25 heavy (non-hydrogen) atoms. The number of likely N-dealkylation sites (tertiary alicyclic amines) is 1. The molecule has 1 aliphatic heterocycles. The molecule has 3 atom stereocenters. The van der Waals surface area contributed by atoms with E-state index in [1.54, 1.807) is 17.9 Å². The Kier molecular flexibility index (Phi) is 7.01. The Hall–Kier alpha value is -2.34. The Bertz CT molecular complexity index is 590. The smallest absolute Gasteiger partial charge is 0.410 e. The third-order valence-corrected chi connectivity index (χ3v) is 4.40. The van der Waals surface area contributed by atoms with Gasteiger partial charge < -0.3 is 20.1 Å². The summed E-state index contributed by atoms with van der Waals surface area (Å²) >= 11 is 0. The number of hydrogen-bond donors (Lipinski definition) is 1. The summed E-state index contributed by atoms with van der Waals surface area (Å²) in [5.74, 6) is -0.844. The molecular weight excluding hydrogens is 320 g/mol. The van der Waals surface area contributed by atoms with Crippen LogP contribution in [-0.2, 0) is 20.9 Å². The fraction of sp³-hybridized carbons (Fsp3) is 0.474. The highest BCUT2D eigenvalue weighted by atomic mass is 16.6. The quantitative estimate of drug-likeness (QED) is 0.605. The number of carbonyl (C=O) groups is 2. The monoisotopic (exact) mass is 346 g/mol. The summed E-state index contributed by atoms with van der Waals surface area (Å²) < 4.78 is 10.5. The van der Waals surface area contributed by atoms with E-state index in [4.69, 9.17) is 15.2 Å². The normalized spacial score (nSPS) is 20.8. The molecule has 0 aliphatic carbocycles. The lowest BCUT2D eigenvalue weighted by molar-refractivity contribution is -0.149. The summed E-state index contributed by atoms with van der Waals surface area (Å²) in [6.45, 7) is 6.75. The zero-order valence-electron chi connectivity index (χ0n) is 14.6. The van der Waals surface area contributed by atoms with E-state index >= 15 is 0 Å². The molecule has 1 aromatic carbocycles. The van der Waals surface area contributed by atoms with E-state index in [-0.39, 0.29) is 30.5 Å². The topological polar surface area (TPSA) is 81.9 Å². The van der Waals surface area contributed by atoms with Gasteiger partial charge in [-0.1, -0.05) is 36.4 Å². The summed E-state index contributed by atoms with van der Waals surface area (Å²) in [6, 6.07) is 9.19. The van der Waals surface area contributed by atoms with Crippen molar-refractivity contribution in [2.75, 3.05) is 19.7 Å². The van der Waals surface area contributed by atoms with Crippen molar-refractivity contribution in [2.45, 2.75) is 26.0 Å². The van der Waals surface area contributed by atoms with Gasteiger partial charge in [-0.05, 0) is 18.9 Å². The van der Waals surface area contributed by atoms with Gasteiger partial charge in [-0.3, -0.25) is 4.79 Å². The van der Waals surface area contributed by atoms with Crippen LogP contribution in [0.2, 0.25) is 0 Å². The van der Waals surface area contributed by atoms with Crippen LogP contribution in [0.15, 0.2) is 43.0 Å². The molecule has 1 aliphatic rings. The van der Waals surface area contributed by atoms with Crippen LogP contribution in [0.1, 0.15) is 18.9 Å². The lowest BCUT2D eigenvalue weighted by Gasteiger charge is -2.23. The second-order valence-corrected chi connectivity index (χ2v) is 6.16. The number of esters is 1. The van der Waals surface area contributed by atoms with Crippen molar-refractivity contribution in [1.82, 2.24) is 4.90 Å². The van der Waals surface area contributed by atoms with Crippen LogP contribution in [0.3, 0.4) is 0 Å². The fourth-order valence-corrected chi connectivity index (χ4v) is 3.11. The van der Waals surface area contributed by atoms with E-state index in [0.717, 1.165) is 5.56 Å². The second kappa shape index (κ2) is 9.22. The molecule has 0 spiro atoms. The van der Waals surface area contributed by atoms with Gasteiger partial charge in [0.15, 0.2) is 0 Å². The maximum absolute atomic E-state index is 12.3. The summed E-state index contributed by atoms with van der Waals surface area (Å²) in [6.07, 6.45) is 1.75. The Labute approximate surface area is 148 Å². The molecule has 2 N–H and O–H groups in total. The molecule has 0 aromatic heterocycles. The predicted molar refractivity (Wildman–Crippen MR) is 94.6 cm³/mol. The lowest BCUT2D eigenvalue weighted by Crippen LogP contribution is -2.37. The highest BCUT2D eigenvalue weighted by Crippen LogP contribution is 2.28. The molecule has 0 bridgehead atoms. The Morgan fingerprint density at radius 1 is 1.32 bits per heavy atom. The molecule has 1 heterocycles. The van der Waals surface area contributed by atoms with E-state index in [1.165, 1.54) is 0 Å². The number of nitrogens with two attached hydrogens (primary N) is 1. The van der Waals surface area contributed by atoms with Crippen molar-refractivity contribution in [3.8, 4) is 0 Å². The molecular formula is C19H26N2O4. The molecule has 6 nitrogen and oxygen atoms in total. The molecule has 1 amide bonds. The van der Waals surface area contributed by atoms with Gasteiger partial charge >= 0.3 is 12.1 Å². The van der Waals surface area contributed by atoms with E-state index in [9.17, 15) is 9.59 Å². The first-order chi connectivity index (χ1) is 12.1. The first kappa shape index (κ1) is 19.0. The predicted octanol–water partition coefficient (Wildman–Crippen LogP) is 2.34. The summed E-state index contributed by atoms with van der Waals surface area (Å²) in [5.41, 5.74) is 7.11. The number of rotatable bonds is 7. The third kappa shape index (κ3) is 5.06. The average Bonchev–Trinajstić information content (AvgIpc) is 3.00. The third-order valence-electron chi connectivity index (χ3n) is 4.40. The van der Waals surface area contributed by atoms with Gasteiger partial charge in [0.25, 0.3) is 0 Å². The minimum Gasteiger partial charge on any atom is -0.466 e. The van der Waals surface area contributed by atoms with Crippen molar-refractivity contribution < 1.29 is 19.1 Å². The van der Waals surface area contributed by atoms with Gasteiger partial charge in [0, 0.05) is 25.0 Å². The van der Waals surface area contributed by atoms with Crippen LogP contribution in [0.25, 0.3) is 0 Å². The van der Waals surface area contributed by atoms with Crippen molar-refractivity contribution in [3.63, 3.8) is 0 Å². The van der Waals surface area contributed by atoms with Crippen LogP contribution in [0, 0.1) is 11.8 Å². The van der Waals surface area contributed by atoms with Gasteiger partial charge in [0.05, 0.1) is 12.5 Å². The molecule has 1 fully saturated rings. The van der Waals surface area contributed by atoms with Crippen molar-refractivity contribution in [2.24, 2.45) is 17.6 Å². The Balaban J connectivity index is 1.95. The fourth-order valence-electron chi connectivity index (χ4n) is 3.11. The summed E-state index contributed by atoms with van der Waals surface area (Å²) in [5, 5.41) is 0. The molecule has 0 saturated carbocycles. The number of amides is 1. The molecule has 1 aromatic rings. The minimum atomic E-state index is -0.414. The second-order valence-electron chi connectivity index (χ2n) is 6.16. The zero-order valence-corrected chi connectivity index (χ0v) is 14.6. The molecule has 136 valence electrons. The first-order valence-electron chi connectivity index (χ1n) is 8.55. The van der Waals surface area contributed by atoms with Crippen LogP contribution >= 0.6 is 0 Å². The van der Waals surface area contributed by atoms with Gasteiger partial charge in [0.2, 0.25) is 0 Å². The van der Waals surface area contributed by atoms with E-state index in [1.807, 2.05) is 30.3 Å². The van der Waals surface area contributed by atoms with Gasteiger partial charge in [-0.15, -0.1) is 6.58 Å². The molecule has 6 heteroatoms. The van der Waals surface area contributed by atoms with Gasteiger partial charge in [0.1, 0.15) is 6.61 Å². The van der Waals surface area contributed by atoms with Crippen LogP contribution in [0.5, 0.6) is 0 Å². The van der Waals surface area contributed by atoms with E-state index in [2.05, 4.69) is 6.58 Å². The number of nitrogens with zero attached hydrogens (tertiary/aromatic N) is 1. The van der Waals surface area contributed by atoms with E-state index in [0.29, 0.717) is 26.1 Å². The highest BCUT2D eigenvalue weighted by Gasteiger charge is 2.41. The molecule has 1 saturated heterocycles. The minimum absolute atomic E-state index is 0.165. The molecule has 1 unspecified atom stereocenters.